The molecular formula is C22H19Cl2NO2S. The van der Waals surface area contributed by atoms with Gasteiger partial charge in [0.25, 0.3) is 5.91 Å². The van der Waals surface area contributed by atoms with Crippen LogP contribution < -0.4 is 10.1 Å². The third kappa shape index (κ3) is 3.90. The van der Waals surface area contributed by atoms with Gasteiger partial charge in [0.05, 0.1) is 12.0 Å². The number of aryl methyl sites for hydroxylation is 2. The van der Waals surface area contributed by atoms with Crippen molar-refractivity contribution in [1.82, 2.24) is 5.32 Å². The van der Waals surface area contributed by atoms with Gasteiger partial charge in [-0.05, 0) is 71.8 Å². The lowest BCUT2D eigenvalue weighted by molar-refractivity contribution is 0.0958. The van der Waals surface area contributed by atoms with E-state index in [9.17, 15) is 4.79 Å². The zero-order valence-corrected chi connectivity index (χ0v) is 17.7. The molecule has 1 aromatic heterocycles. The molecule has 1 N–H and O–H groups in total. The molecule has 0 fully saturated rings. The summed E-state index contributed by atoms with van der Waals surface area (Å²) in [4.78, 5) is 14.6. The molecule has 4 rings (SSSR count). The van der Waals surface area contributed by atoms with Gasteiger partial charge in [0, 0.05) is 21.5 Å². The van der Waals surface area contributed by atoms with E-state index in [0.29, 0.717) is 23.0 Å². The average Bonchev–Trinajstić information content (AvgIpc) is 3.14. The molecule has 0 spiro atoms. The second-order valence-corrected chi connectivity index (χ2v) is 8.63. The van der Waals surface area contributed by atoms with Crippen LogP contribution in [0.2, 0.25) is 10.0 Å². The van der Waals surface area contributed by atoms with Gasteiger partial charge in [-0.25, -0.2) is 0 Å². The Morgan fingerprint density at radius 1 is 1.11 bits per heavy atom. The molecule has 6 heteroatoms. The standard InChI is InChI=1S/C22H19Cl2NO2S/c1-27-17-7-5-13-2-3-15-10-20(28-21(15)18(13)12-17)22(26)25-9-8-14-4-6-16(23)11-19(14)24/h4-7,10-12H,2-3,8-9H2,1H3,(H,25,26). The molecule has 1 aliphatic rings. The zero-order valence-electron chi connectivity index (χ0n) is 15.4. The van der Waals surface area contributed by atoms with Crippen molar-refractivity contribution in [3.63, 3.8) is 0 Å². The van der Waals surface area contributed by atoms with Gasteiger partial charge in [-0.1, -0.05) is 35.3 Å². The fraction of sp³-hybridized carbons (Fsp3) is 0.227. The Morgan fingerprint density at radius 3 is 2.71 bits per heavy atom. The Morgan fingerprint density at radius 2 is 1.93 bits per heavy atom. The normalized spacial score (nSPS) is 12.2. The fourth-order valence-corrected chi connectivity index (χ4v) is 5.14. The van der Waals surface area contributed by atoms with E-state index in [1.165, 1.54) is 21.6 Å². The smallest absolute Gasteiger partial charge is 0.261 e. The van der Waals surface area contributed by atoms with Gasteiger partial charge < -0.3 is 10.1 Å². The van der Waals surface area contributed by atoms with Crippen molar-refractivity contribution in [3.8, 4) is 16.2 Å². The minimum absolute atomic E-state index is 0.0473. The molecular weight excluding hydrogens is 413 g/mol. The molecule has 2 aromatic carbocycles. The summed E-state index contributed by atoms with van der Waals surface area (Å²) in [6, 6.07) is 13.6. The summed E-state index contributed by atoms with van der Waals surface area (Å²) in [5, 5.41) is 4.23. The average molecular weight is 432 g/mol. The van der Waals surface area contributed by atoms with Gasteiger partial charge >= 0.3 is 0 Å². The Hall–Kier alpha value is -2.01. The summed E-state index contributed by atoms with van der Waals surface area (Å²) in [6.45, 7) is 0.521. The summed E-state index contributed by atoms with van der Waals surface area (Å²) < 4.78 is 5.37. The predicted octanol–water partition coefficient (Wildman–Crippen LogP) is 5.80. The van der Waals surface area contributed by atoms with E-state index in [4.69, 9.17) is 27.9 Å². The van der Waals surface area contributed by atoms with Crippen molar-refractivity contribution in [2.45, 2.75) is 19.3 Å². The number of carbonyl (C=O) groups excluding carboxylic acids is 1. The maximum atomic E-state index is 12.6. The highest BCUT2D eigenvalue weighted by molar-refractivity contribution is 7.17. The molecule has 0 saturated carbocycles. The van der Waals surface area contributed by atoms with Gasteiger partial charge in [0.2, 0.25) is 0 Å². The number of hydrogen-bond acceptors (Lipinski definition) is 3. The van der Waals surface area contributed by atoms with E-state index in [-0.39, 0.29) is 5.91 Å². The van der Waals surface area contributed by atoms with Crippen molar-refractivity contribution in [2.75, 3.05) is 13.7 Å². The van der Waals surface area contributed by atoms with Gasteiger partial charge in [0.15, 0.2) is 0 Å². The van der Waals surface area contributed by atoms with Crippen LogP contribution in [0.15, 0.2) is 42.5 Å². The Labute approximate surface area is 178 Å². The first kappa shape index (κ1) is 19.3. The highest BCUT2D eigenvalue weighted by atomic mass is 35.5. The number of amides is 1. The maximum Gasteiger partial charge on any atom is 0.261 e. The summed E-state index contributed by atoms with van der Waals surface area (Å²) in [5.41, 5.74) is 4.69. The second-order valence-electron chi connectivity index (χ2n) is 6.73. The van der Waals surface area contributed by atoms with E-state index >= 15 is 0 Å². The molecule has 1 amide bonds. The molecule has 1 aliphatic carbocycles. The van der Waals surface area contributed by atoms with Crippen LogP contribution >= 0.6 is 34.5 Å². The molecule has 0 saturated heterocycles. The van der Waals surface area contributed by atoms with Crippen LogP contribution in [0.4, 0.5) is 0 Å². The summed E-state index contributed by atoms with van der Waals surface area (Å²) in [5.74, 6) is 0.791. The second kappa shape index (κ2) is 8.16. The number of fused-ring (bicyclic) bond motifs is 3. The van der Waals surface area contributed by atoms with E-state index in [2.05, 4.69) is 17.4 Å². The number of nitrogens with one attached hydrogen (secondary N) is 1. The fourth-order valence-electron chi connectivity index (χ4n) is 3.46. The lowest BCUT2D eigenvalue weighted by Gasteiger charge is -2.16. The van der Waals surface area contributed by atoms with Crippen molar-refractivity contribution in [2.24, 2.45) is 0 Å². The van der Waals surface area contributed by atoms with Crippen LogP contribution in [-0.4, -0.2) is 19.6 Å². The number of ether oxygens (including phenoxy) is 1. The lowest BCUT2D eigenvalue weighted by Crippen LogP contribution is -2.24. The summed E-state index contributed by atoms with van der Waals surface area (Å²) in [7, 11) is 1.67. The van der Waals surface area contributed by atoms with Gasteiger partial charge in [-0.3, -0.25) is 4.79 Å². The Bertz CT molecular complexity index is 1050. The maximum absolute atomic E-state index is 12.6. The largest absolute Gasteiger partial charge is 0.497 e. The SMILES string of the molecule is COc1ccc2c(c1)-c1sc(C(=O)NCCc3ccc(Cl)cc3Cl)cc1CC2. The van der Waals surface area contributed by atoms with Crippen LogP contribution in [0.25, 0.3) is 10.4 Å². The number of thiophene rings is 1. The van der Waals surface area contributed by atoms with Crippen LogP contribution in [0.3, 0.4) is 0 Å². The van der Waals surface area contributed by atoms with Crippen molar-refractivity contribution in [3.05, 3.63) is 74.1 Å². The van der Waals surface area contributed by atoms with E-state index in [1.807, 2.05) is 24.3 Å². The summed E-state index contributed by atoms with van der Waals surface area (Å²) >= 11 is 13.7. The molecule has 0 atom stereocenters. The number of methoxy groups -OCH3 is 1. The number of halogens is 2. The molecule has 0 aliphatic heterocycles. The molecule has 3 aromatic rings. The Balaban J connectivity index is 1.47. The highest BCUT2D eigenvalue weighted by Crippen LogP contribution is 2.41. The first-order chi connectivity index (χ1) is 13.5. The zero-order chi connectivity index (χ0) is 19.7. The monoisotopic (exact) mass is 431 g/mol. The van der Waals surface area contributed by atoms with E-state index < -0.39 is 0 Å². The highest BCUT2D eigenvalue weighted by Gasteiger charge is 2.22. The minimum Gasteiger partial charge on any atom is -0.497 e. The van der Waals surface area contributed by atoms with Crippen molar-refractivity contribution in [1.29, 1.82) is 0 Å². The van der Waals surface area contributed by atoms with Crippen LogP contribution in [0.1, 0.15) is 26.4 Å². The molecule has 0 radical (unpaired) electrons. The third-order valence-electron chi connectivity index (χ3n) is 4.95. The molecule has 28 heavy (non-hydrogen) atoms. The van der Waals surface area contributed by atoms with Crippen molar-refractivity contribution < 1.29 is 9.53 Å². The first-order valence-electron chi connectivity index (χ1n) is 9.07. The van der Waals surface area contributed by atoms with E-state index in [0.717, 1.165) is 29.0 Å². The van der Waals surface area contributed by atoms with Crippen LogP contribution in [-0.2, 0) is 19.3 Å². The van der Waals surface area contributed by atoms with Gasteiger partial charge in [-0.15, -0.1) is 11.3 Å². The van der Waals surface area contributed by atoms with Crippen LogP contribution in [0.5, 0.6) is 5.75 Å². The quantitative estimate of drug-likeness (QED) is 0.553. The Kier molecular flexibility index (Phi) is 5.63. The topological polar surface area (TPSA) is 38.3 Å². The number of carbonyl (C=O) groups is 1. The molecule has 144 valence electrons. The molecule has 0 bridgehead atoms. The third-order valence-corrected chi connectivity index (χ3v) is 6.75. The predicted molar refractivity (Wildman–Crippen MR) is 116 cm³/mol. The number of hydrogen-bond donors (Lipinski definition) is 1. The lowest BCUT2D eigenvalue weighted by atomic mass is 9.91. The molecule has 0 unspecified atom stereocenters. The number of benzene rings is 2. The van der Waals surface area contributed by atoms with E-state index in [1.54, 1.807) is 24.5 Å². The molecule has 3 nitrogen and oxygen atoms in total. The minimum atomic E-state index is -0.0473. The number of rotatable bonds is 5. The summed E-state index contributed by atoms with van der Waals surface area (Å²) in [6.07, 6.45) is 2.60. The van der Waals surface area contributed by atoms with Gasteiger partial charge in [-0.2, -0.15) is 0 Å². The van der Waals surface area contributed by atoms with Crippen molar-refractivity contribution >= 4 is 40.4 Å². The molecule has 1 heterocycles. The first-order valence-corrected chi connectivity index (χ1v) is 10.6. The van der Waals surface area contributed by atoms with Crippen LogP contribution in [0, 0.1) is 0 Å². The van der Waals surface area contributed by atoms with Gasteiger partial charge in [0.1, 0.15) is 5.75 Å².